The number of hydrogen-bond donors (Lipinski definition) is 2. The van der Waals surface area contributed by atoms with Crippen molar-refractivity contribution in [1.82, 2.24) is 10.3 Å². The Kier molecular flexibility index (Phi) is 10.7. The molecular weight excluding hydrogens is 390 g/mol. The third-order valence-corrected chi connectivity index (χ3v) is 8.12. The lowest BCUT2D eigenvalue weighted by atomic mass is 10.1. The molecule has 2 aromatic heterocycles. The molecule has 0 aliphatic heterocycles. The molecule has 0 atom stereocenters. The fourth-order valence-electron chi connectivity index (χ4n) is 3.01. The summed E-state index contributed by atoms with van der Waals surface area (Å²) in [6.07, 6.45) is 10.4. The van der Waals surface area contributed by atoms with Crippen molar-refractivity contribution in [3.63, 3.8) is 0 Å². The number of hydrogen-bond acceptors (Lipinski definition) is 6. The van der Waals surface area contributed by atoms with Gasteiger partial charge in [-0.15, -0.1) is 11.3 Å². The van der Waals surface area contributed by atoms with Gasteiger partial charge in [0, 0.05) is 6.20 Å². The van der Waals surface area contributed by atoms with Crippen LogP contribution < -0.4 is 11.1 Å². The topological polar surface area (TPSA) is 85.1 Å². The molecular formula is C21H33N3O2S2. The molecule has 7 heteroatoms. The number of rotatable bonds is 15. The summed E-state index contributed by atoms with van der Waals surface area (Å²) in [5.74, 6) is 0.236. The molecule has 5 nitrogen and oxygen atoms in total. The number of nitrogens with zero attached hydrogens (tertiary/aromatic N) is 1. The minimum Gasteiger partial charge on any atom is -0.330 e. The summed E-state index contributed by atoms with van der Waals surface area (Å²) >= 11 is 1.31. The predicted molar refractivity (Wildman–Crippen MR) is 118 cm³/mol. The molecule has 0 bridgehead atoms. The Morgan fingerprint density at radius 2 is 1.61 bits per heavy atom. The number of thiophene rings is 1. The molecule has 0 aliphatic carbocycles. The Labute approximate surface area is 173 Å². The largest absolute Gasteiger partial charge is 0.330 e. The minimum absolute atomic E-state index is 0.236. The van der Waals surface area contributed by atoms with E-state index in [0.29, 0.717) is 4.21 Å². The summed E-state index contributed by atoms with van der Waals surface area (Å²) in [5, 5.41) is 3.39. The Morgan fingerprint density at radius 3 is 2.32 bits per heavy atom. The average Bonchev–Trinajstić information content (AvgIpc) is 3.21. The van der Waals surface area contributed by atoms with Gasteiger partial charge >= 0.3 is 0 Å². The van der Waals surface area contributed by atoms with Gasteiger partial charge in [-0.05, 0) is 63.2 Å². The standard InChI is InChI=1S/C21H33N3O2S2/c22-14-10-16-23-15-7-4-2-1-3-5-9-18-28(25,26)21-13-12-20(27-21)19-11-6-8-17-24-19/h6,8,11-13,17,23H,1-5,7,9-10,14-16,18,22H2. The first-order chi connectivity index (χ1) is 13.6. The Morgan fingerprint density at radius 1 is 0.893 bits per heavy atom. The van der Waals surface area contributed by atoms with E-state index >= 15 is 0 Å². The minimum atomic E-state index is -3.19. The van der Waals surface area contributed by atoms with Gasteiger partial charge in [0.05, 0.1) is 16.3 Å². The van der Waals surface area contributed by atoms with Crippen LogP contribution in [0.2, 0.25) is 0 Å². The van der Waals surface area contributed by atoms with Gasteiger partial charge in [0.2, 0.25) is 0 Å². The zero-order valence-corrected chi connectivity index (χ0v) is 18.2. The number of aromatic nitrogens is 1. The van der Waals surface area contributed by atoms with Crippen molar-refractivity contribution in [2.24, 2.45) is 5.73 Å². The van der Waals surface area contributed by atoms with E-state index in [2.05, 4.69) is 10.3 Å². The van der Waals surface area contributed by atoms with Crippen LogP contribution >= 0.6 is 11.3 Å². The molecule has 0 spiro atoms. The maximum Gasteiger partial charge on any atom is 0.187 e. The maximum absolute atomic E-state index is 12.5. The van der Waals surface area contributed by atoms with Crippen molar-refractivity contribution >= 4 is 21.2 Å². The van der Waals surface area contributed by atoms with Crippen LogP contribution in [0.15, 0.2) is 40.7 Å². The van der Waals surface area contributed by atoms with Crippen LogP contribution in [0.25, 0.3) is 10.6 Å². The SMILES string of the molecule is NCCCNCCCCCCCCCS(=O)(=O)c1ccc(-c2ccccn2)s1. The number of nitrogens with one attached hydrogen (secondary N) is 1. The Bertz CT molecular complexity index is 761. The molecule has 0 radical (unpaired) electrons. The number of sulfone groups is 1. The molecule has 0 saturated carbocycles. The summed E-state index contributed by atoms with van der Waals surface area (Å²) < 4.78 is 25.5. The molecule has 0 fully saturated rings. The number of unbranched alkanes of at least 4 members (excludes halogenated alkanes) is 6. The maximum atomic E-state index is 12.5. The second kappa shape index (κ2) is 13.0. The average molecular weight is 424 g/mol. The van der Waals surface area contributed by atoms with Crippen LogP contribution in [0.1, 0.15) is 51.4 Å². The first-order valence-electron chi connectivity index (χ1n) is 10.3. The first-order valence-corrected chi connectivity index (χ1v) is 12.7. The lowest BCUT2D eigenvalue weighted by molar-refractivity contribution is 0.555. The summed E-state index contributed by atoms with van der Waals surface area (Å²) in [6, 6.07) is 9.23. The fourth-order valence-corrected chi connectivity index (χ4v) is 5.81. The van der Waals surface area contributed by atoms with Gasteiger partial charge in [-0.2, -0.15) is 0 Å². The molecule has 0 saturated heterocycles. The number of nitrogens with two attached hydrogens (primary N) is 1. The highest BCUT2D eigenvalue weighted by molar-refractivity contribution is 7.93. The van der Waals surface area contributed by atoms with E-state index in [4.69, 9.17) is 5.73 Å². The van der Waals surface area contributed by atoms with Gasteiger partial charge < -0.3 is 11.1 Å². The zero-order valence-electron chi connectivity index (χ0n) is 16.6. The van der Waals surface area contributed by atoms with Crippen molar-refractivity contribution in [3.8, 4) is 10.6 Å². The lowest BCUT2D eigenvalue weighted by Crippen LogP contribution is -2.19. The van der Waals surface area contributed by atoms with Crippen LogP contribution in [0.5, 0.6) is 0 Å². The van der Waals surface area contributed by atoms with E-state index in [9.17, 15) is 8.42 Å². The molecule has 0 aliphatic rings. The van der Waals surface area contributed by atoms with E-state index in [-0.39, 0.29) is 5.75 Å². The summed E-state index contributed by atoms with van der Waals surface area (Å²) in [4.78, 5) is 5.19. The first kappa shape index (κ1) is 23.0. The van der Waals surface area contributed by atoms with Crippen LogP contribution in [0.3, 0.4) is 0 Å². The summed E-state index contributed by atoms with van der Waals surface area (Å²) in [6.45, 7) is 2.83. The highest BCUT2D eigenvalue weighted by Crippen LogP contribution is 2.30. The van der Waals surface area contributed by atoms with Crippen molar-refractivity contribution in [2.75, 3.05) is 25.4 Å². The molecule has 2 rings (SSSR count). The van der Waals surface area contributed by atoms with Gasteiger partial charge in [-0.3, -0.25) is 4.98 Å². The quantitative estimate of drug-likeness (QED) is 0.418. The Balaban J connectivity index is 1.58. The van der Waals surface area contributed by atoms with Gasteiger partial charge in [0.15, 0.2) is 9.84 Å². The second-order valence-corrected chi connectivity index (χ2v) is 10.4. The molecule has 2 aromatic rings. The molecule has 0 amide bonds. The molecule has 28 heavy (non-hydrogen) atoms. The molecule has 0 unspecified atom stereocenters. The van der Waals surface area contributed by atoms with Gasteiger partial charge in [-0.25, -0.2) is 8.42 Å². The molecule has 2 heterocycles. The predicted octanol–water partition coefficient (Wildman–Crippen LogP) is 4.25. The molecule has 3 N–H and O–H groups in total. The van der Waals surface area contributed by atoms with Gasteiger partial charge in [0.25, 0.3) is 0 Å². The fraction of sp³-hybridized carbons (Fsp3) is 0.571. The van der Waals surface area contributed by atoms with E-state index in [1.54, 1.807) is 12.3 Å². The lowest BCUT2D eigenvalue weighted by Gasteiger charge is -2.04. The third kappa shape index (κ3) is 8.39. The smallest absolute Gasteiger partial charge is 0.187 e. The van der Waals surface area contributed by atoms with Crippen LogP contribution in [-0.4, -0.2) is 38.8 Å². The van der Waals surface area contributed by atoms with Crippen molar-refractivity contribution in [2.45, 2.75) is 55.6 Å². The van der Waals surface area contributed by atoms with E-state index < -0.39 is 9.84 Å². The van der Waals surface area contributed by atoms with E-state index in [0.717, 1.165) is 55.9 Å². The second-order valence-electron chi connectivity index (χ2n) is 7.02. The summed E-state index contributed by atoms with van der Waals surface area (Å²) in [7, 11) is -3.19. The zero-order chi connectivity index (χ0) is 20.1. The van der Waals surface area contributed by atoms with Crippen molar-refractivity contribution in [3.05, 3.63) is 36.5 Å². The van der Waals surface area contributed by atoms with Crippen LogP contribution in [0.4, 0.5) is 0 Å². The van der Waals surface area contributed by atoms with E-state index in [1.165, 1.54) is 37.0 Å². The Hall–Kier alpha value is -1.28. The number of pyridine rings is 1. The van der Waals surface area contributed by atoms with Crippen molar-refractivity contribution < 1.29 is 8.42 Å². The summed E-state index contributed by atoms with van der Waals surface area (Å²) in [5.41, 5.74) is 6.28. The highest BCUT2D eigenvalue weighted by atomic mass is 32.2. The third-order valence-electron chi connectivity index (χ3n) is 4.63. The van der Waals surface area contributed by atoms with Crippen LogP contribution in [0, 0.1) is 0 Å². The van der Waals surface area contributed by atoms with E-state index in [1.807, 2.05) is 24.3 Å². The van der Waals surface area contributed by atoms with Crippen molar-refractivity contribution in [1.29, 1.82) is 0 Å². The highest BCUT2D eigenvalue weighted by Gasteiger charge is 2.17. The molecule has 0 aromatic carbocycles. The van der Waals surface area contributed by atoms with Gasteiger partial charge in [0.1, 0.15) is 4.21 Å². The monoisotopic (exact) mass is 423 g/mol. The van der Waals surface area contributed by atoms with Gasteiger partial charge in [-0.1, -0.05) is 38.2 Å². The van der Waals surface area contributed by atoms with Crippen LogP contribution in [-0.2, 0) is 9.84 Å². The molecule has 156 valence electrons. The normalized spacial score (nSPS) is 11.8.